The van der Waals surface area contributed by atoms with Crippen molar-refractivity contribution in [3.8, 4) is 0 Å². The highest BCUT2D eigenvalue weighted by Crippen LogP contribution is 2.40. The average molecular weight is 214 g/mol. The van der Waals surface area contributed by atoms with Crippen LogP contribution in [0.1, 0.15) is 20.3 Å². The van der Waals surface area contributed by atoms with Gasteiger partial charge in [0.2, 0.25) is 0 Å². The molecule has 0 unspecified atom stereocenters. The van der Waals surface area contributed by atoms with Crippen LogP contribution in [0.15, 0.2) is 0 Å². The number of hydrogen-bond acceptors (Lipinski definition) is 3. The quantitative estimate of drug-likeness (QED) is 0.706. The van der Waals surface area contributed by atoms with Gasteiger partial charge in [-0.25, -0.2) is 0 Å². The summed E-state index contributed by atoms with van der Waals surface area (Å²) in [5.41, 5.74) is 0.681. The number of hydrogen-bond donors (Lipinski definition) is 0. The third-order valence-electron chi connectivity index (χ3n) is 3.64. The summed E-state index contributed by atoms with van der Waals surface area (Å²) in [6, 6.07) is 0.746. The van der Waals surface area contributed by atoms with Gasteiger partial charge in [0.15, 0.2) is 0 Å². The Morgan fingerprint density at radius 2 is 2.00 bits per heavy atom. The Bertz CT molecular complexity index is 199. The number of likely N-dealkylation sites (tertiary alicyclic amines) is 2. The SMILES string of the molecule is CSCN1CCC2(C1)CN(C(C)C)C2. The average Bonchev–Trinajstić information content (AvgIpc) is 2.46. The summed E-state index contributed by atoms with van der Waals surface area (Å²) in [6.07, 6.45) is 3.63. The Labute approximate surface area is 92.0 Å². The molecule has 0 atom stereocenters. The van der Waals surface area contributed by atoms with Gasteiger partial charge >= 0.3 is 0 Å². The molecule has 0 radical (unpaired) electrons. The second-order valence-electron chi connectivity index (χ2n) is 5.22. The maximum absolute atomic E-state index is 2.61. The van der Waals surface area contributed by atoms with Gasteiger partial charge < -0.3 is 0 Å². The van der Waals surface area contributed by atoms with E-state index in [4.69, 9.17) is 0 Å². The fourth-order valence-corrected chi connectivity index (χ4v) is 3.34. The molecule has 0 aromatic carbocycles. The van der Waals surface area contributed by atoms with E-state index in [0.717, 1.165) is 6.04 Å². The first kappa shape index (κ1) is 10.8. The van der Waals surface area contributed by atoms with Crippen LogP contribution in [-0.4, -0.2) is 54.2 Å². The zero-order chi connectivity index (χ0) is 10.2. The van der Waals surface area contributed by atoms with Gasteiger partial charge in [0.25, 0.3) is 0 Å². The Hall–Kier alpha value is 0.270. The van der Waals surface area contributed by atoms with Crippen LogP contribution in [0.25, 0.3) is 0 Å². The fourth-order valence-electron chi connectivity index (χ4n) is 2.76. The molecule has 0 N–H and O–H groups in total. The van der Waals surface area contributed by atoms with E-state index in [1.54, 1.807) is 0 Å². The van der Waals surface area contributed by atoms with Gasteiger partial charge in [0.05, 0.1) is 0 Å². The molecule has 2 aliphatic rings. The Morgan fingerprint density at radius 3 is 2.57 bits per heavy atom. The Balaban J connectivity index is 1.80. The van der Waals surface area contributed by atoms with Crippen molar-refractivity contribution in [2.24, 2.45) is 5.41 Å². The summed E-state index contributed by atoms with van der Waals surface area (Å²) in [5.74, 6) is 1.23. The van der Waals surface area contributed by atoms with Gasteiger partial charge in [-0.3, -0.25) is 9.80 Å². The Kier molecular flexibility index (Phi) is 3.10. The second kappa shape index (κ2) is 4.03. The molecular formula is C11H22N2S. The molecule has 0 bridgehead atoms. The van der Waals surface area contributed by atoms with Crippen molar-refractivity contribution in [1.82, 2.24) is 9.80 Å². The molecule has 0 amide bonds. The summed E-state index contributed by atoms with van der Waals surface area (Å²) in [5, 5.41) is 0. The van der Waals surface area contributed by atoms with Gasteiger partial charge in [-0.05, 0) is 33.1 Å². The molecule has 2 nitrogen and oxygen atoms in total. The molecule has 2 rings (SSSR count). The van der Waals surface area contributed by atoms with Gasteiger partial charge in [-0.2, -0.15) is 0 Å². The van der Waals surface area contributed by atoms with Crippen molar-refractivity contribution in [3.63, 3.8) is 0 Å². The molecule has 2 aliphatic heterocycles. The lowest BCUT2D eigenvalue weighted by Gasteiger charge is -2.50. The highest BCUT2D eigenvalue weighted by Gasteiger charge is 2.47. The molecule has 2 heterocycles. The standard InChI is InChI=1S/C11H22N2S/c1-10(2)13-7-11(8-13)4-5-12(6-11)9-14-3/h10H,4-9H2,1-3H3. The zero-order valence-corrected chi connectivity index (χ0v) is 10.4. The van der Waals surface area contributed by atoms with Crippen molar-refractivity contribution in [2.75, 3.05) is 38.3 Å². The first-order valence-corrected chi connectivity index (χ1v) is 7.00. The molecule has 14 heavy (non-hydrogen) atoms. The van der Waals surface area contributed by atoms with Crippen molar-refractivity contribution < 1.29 is 0 Å². The van der Waals surface area contributed by atoms with Crippen LogP contribution in [-0.2, 0) is 0 Å². The van der Waals surface area contributed by atoms with E-state index in [1.165, 1.54) is 38.5 Å². The van der Waals surface area contributed by atoms with Crippen LogP contribution in [0.5, 0.6) is 0 Å². The predicted molar refractivity (Wildman–Crippen MR) is 63.7 cm³/mol. The second-order valence-corrected chi connectivity index (χ2v) is 6.05. The lowest BCUT2D eigenvalue weighted by molar-refractivity contribution is -0.0130. The van der Waals surface area contributed by atoms with E-state index in [1.807, 2.05) is 11.8 Å². The summed E-state index contributed by atoms with van der Waals surface area (Å²) >= 11 is 1.95. The molecule has 0 aromatic rings. The highest BCUT2D eigenvalue weighted by molar-refractivity contribution is 7.98. The van der Waals surface area contributed by atoms with Crippen LogP contribution in [0, 0.1) is 5.41 Å². The zero-order valence-electron chi connectivity index (χ0n) is 9.62. The maximum Gasteiger partial charge on any atom is 0.0441 e. The van der Waals surface area contributed by atoms with Crippen LogP contribution in [0.3, 0.4) is 0 Å². The third kappa shape index (κ3) is 1.95. The number of rotatable bonds is 3. The summed E-state index contributed by atoms with van der Waals surface area (Å²) in [4.78, 5) is 5.21. The van der Waals surface area contributed by atoms with Crippen molar-refractivity contribution in [3.05, 3.63) is 0 Å². The van der Waals surface area contributed by atoms with E-state index in [0.29, 0.717) is 5.41 Å². The number of thioether (sulfide) groups is 1. The smallest absolute Gasteiger partial charge is 0.0441 e. The van der Waals surface area contributed by atoms with Crippen LogP contribution < -0.4 is 0 Å². The van der Waals surface area contributed by atoms with Crippen LogP contribution >= 0.6 is 11.8 Å². The molecule has 2 fully saturated rings. The third-order valence-corrected chi connectivity index (χ3v) is 4.26. The minimum atomic E-state index is 0.681. The van der Waals surface area contributed by atoms with Gasteiger partial charge in [0, 0.05) is 37.0 Å². The van der Waals surface area contributed by atoms with Crippen molar-refractivity contribution >= 4 is 11.8 Å². The van der Waals surface area contributed by atoms with E-state index in [9.17, 15) is 0 Å². The molecule has 3 heteroatoms. The minimum absolute atomic E-state index is 0.681. The van der Waals surface area contributed by atoms with E-state index < -0.39 is 0 Å². The summed E-state index contributed by atoms with van der Waals surface area (Å²) in [7, 11) is 0. The summed E-state index contributed by atoms with van der Waals surface area (Å²) in [6.45, 7) is 9.97. The number of nitrogens with zero attached hydrogens (tertiary/aromatic N) is 2. The molecule has 0 aromatic heterocycles. The molecule has 2 saturated heterocycles. The monoisotopic (exact) mass is 214 g/mol. The van der Waals surface area contributed by atoms with E-state index >= 15 is 0 Å². The maximum atomic E-state index is 2.61. The lowest BCUT2D eigenvalue weighted by atomic mass is 9.78. The van der Waals surface area contributed by atoms with E-state index in [2.05, 4.69) is 29.9 Å². The molecular weight excluding hydrogens is 192 g/mol. The normalized spacial score (nSPS) is 27.4. The van der Waals surface area contributed by atoms with Crippen LogP contribution in [0.4, 0.5) is 0 Å². The van der Waals surface area contributed by atoms with Crippen molar-refractivity contribution in [1.29, 1.82) is 0 Å². The van der Waals surface area contributed by atoms with Gasteiger partial charge in [0.1, 0.15) is 0 Å². The summed E-state index contributed by atoms with van der Waals surface area (Å²) < 4.78 is 0. The van der Waals surface area contributed by atoms with Gasteiger partial charge in [-0.15, -0.1) is 11.8 Å². The first-order valence-electron chi connectivity index (χ1n) is 5.61. The van der Waals surface area contributed by atoms with Crippen molar-refractivity contribution in [2.45, 2.75) is 26.3 Å². The predicted octanol–water partition coefficient (Wildman–Crippen LogP) is 1.72. The minimum Gasteiger partial charge on any atom is -0.300 e. The topological polar surface area (TPSA) is 6.48 Å². The molecule has 1 spiro atoms. The highest BCUT2D eigenvalue weighted by atomic mass is 32.2. The van der Waals surface area contributed by atoms with Crippen LogP contribution in [0.2, 0.25) is 0 Å². The molecule has 0 aliphatic carbocycles. The lowest BCUT2D eigenvalue weighted by Crippen LogP contribution is -2.59. The molecule has 82 valence electrons. The van der Waals surface area contributed by atoms with E-state index in [-0.39, 0.29) is 0 Å². The van der Waals surface area contributed by atoms with Gasteiger partial charge in [-0.1, -0.05) is 0 Å². The largest absolute Gasteiger partial charge is 0.300 e. The fraction of sp³-hybridized carbons (Fsp3) is 1.00. The first-order chi connectivity index (χ1) is 6.65. The molecule has 0 saturated carbocycles. The Morgan fingerprint density at radius 1 is 1.29 bits per heavy atom.